The van der Waals surface area contributed by atoms with E-state index >= 15 is 0 Å². The van der Waals surface area contributed by atoms with Crippen LogP contribution >= 0.6 is 46.3 Å². The summed E-state index contributed by atoms with van der Waals surface area (Å²) in [7, 11) is 0. The molecule has 4 nitrogen and oxygen atoms in total. The quantitative estimate of drug-likeness (QED) is 0.442. The highest BCUT2D eigenvalue weighted by Gasteiger charge is 2.13. The molecular weight excluding hydrogens is 397 g/mol. The van der Waals surface area contributed by atoms with Crippen molar-refractivity contribution in [2.75, 3.05) is 5.32 Å². The third kappa shape index (κ3) is 5.19. The minimum absolute atomic E-state index is 0.0879. The number of thioether (sulfide) groups is 1. The van der Waals surface area contributed by atoms with Gasteiger partial charge in [-0.15, -0.1) is 10.2 Å². The van der Waals surface area contributed by atoms with E-state index in [0.717, 1.165) is 10.1 Å². The molecule has 1 amide bonds. The van der Waals surface area contributed by atoms with Gasteiger partial charge in [-0.25, -0.2) is 0 Å². The number of hydrogen-bond donors (Lipinski definition) is 1. The summed E-state index contributed by atoms with van der Waals surface area (Å²) in [4.78, 5) is 12.2. The summed E-state index contributed by atoms with van der Waals surface area (Å²) in [6.07, 6.45) is 0.0879. The molecule has 3 aromatic rings. The van der Waals surface area contributed by atoms with E-state index in [9.17, 15) is 4.79 Å². The monoisotopic (exact) mass is 409 g/mol. The van der Waals surface area contributed by atoms with E-state index in [1.165, 1.54) is 16.9 Å². The number of benzene rings is 2. The summed E-state index contributed by atoms with van der Waals surface area (Å²) in [6.45, 7) is 0. The SMILES string of the molecule is O=C(Cc1c(Cl)cccc1Cl)Nc1nnc(SCc2ccccc2)s1. The summed E-state index contributed by atoms with van der Waals surface area (Å²) in [6, 6.07) is 15.3. The van der Waals surface area contributed by atoms with Crippen LogP contribution in [-0.4, -0.2) is 16.1 Å². The highest BCUT2D eigenvalue weighted by molar-refractivity contribution is 8.00. The van der Waals surface area contributed by atoms with Crippen LogP contribution in [0.5, 0.6) is 0 Å². The fourth-order valence-electron chi connectivity index (χ4n) is 2.06. The standard InChI is InChI=1S/C17H13Cl2N3OS2/c18-13-7-4-8-14(19)12(13)9-15(23)20-16-21-22-17(25-16)24-10-11-5-2-1-3-6-11/h1-8H,9-10H2,(H,20,21,23). The molecule has 128 valence electrons. The van der Waals surface area contributed by atoms with Crippen LogP contribution in [0, 0.1) is 0 Å². The van der Waals surface area contributed by atoms with Crippen molar-refractivity contribution in [3.05, 3.63) is 69.7 Å². The van der Waals surface area contributed by atoms with Crippen molar-refractivity contribution < 1.29 is 4.79 Å². The lowest BCUT2D eigenvalue weighted by Crippen LogP contribution is -2.14. The van der Waals surface area contributed by atoms with Crippen LogP contribution in [0.4, 0.5) is 5.13 Å². The lowest BCUT2D eigenvalue weighted by molar-refractivity contribution is -0.115. The molecule has 0 saturated carbocycles. The van der Waals surface area contributed by atoms with Crippen molar-refractivity contribution in [1.29, 1.82) is 0 Å². The number of amides is 1. The molecular formula is C17H13Cl2N3OS2. The van der Waals surface area contributed by atoms with Gasteiger partial charge in [-0.3, -0.25) is 4.79 Å². The first-order valence-electron chi connectivity index (χ1n) is 7.35. The van der Waals surface area contributed by atoms with Gasteiger partial charge in [0.05, 0.1) is 6.42 Å². The number of carbonyl (C=O) groups is 1. The molecule has 0 atom stereocenters. The van der Waals surface area contributed by atoms with E-state index in [4.69, 9.17) is 23.2 Å². The molecule has 2 aromatic carbocycles. The Morgan fingerprint density at radius 3 is 2.48 bits per heavy atom. The minimum atomic E-state index is -0.231. The van der Waals surface area contributed by atoms with E-state index in [-0.39, 0.29) is 12.3 Å². The van der Waals surface area contributed by atoms with Crippen molar-refractivity contribution in [3.8, 4) is 0 Å². The largest absolute Gasteiger partial charge is 0.300 e. The number of halogens is 2. The fourth-order valence-corrected chi connectivity index (χ4v) is 4.32. The molecule has 0 aliphatic carbocycles. The predicted molar refractivity (Wildman–Crippen MR) is 105 cm³/mol. The van der Waals surface area contributed by atoms with Gasteiger partial charge in [-0.05, 0) is 23.3 Å². The van der Waals surface area contributed by atoms with Crippen LogP contribution < -0.4 is 5.32 Å². The summed E-state index contributed by atoms with van der Waals surface area (Å²) < 4.78 is 0.801. The predicted octanol–water partition coefficient (Wildman–Crippen LogP) is 5.32. The average molecular weight is 410 g/mol. The Labute approximate surface area is 163 Å². The minimum Gasteiger partial charge on any atom is -0.300 e. The van der Waals surface area contributed by atoms with E-state index in [1.807, 2.05) is 18.2 Å². The maximum Gasteiger partial charge on any atom is 0.230 e. The van der Waals surface area contributed by atoms with E-state index in [0.29, 0.717) is 20.7 Å². The van der Waals surface area contributed by atoms with Gasteiger partial charge in [0.25, 0.3) is 0 Å². The van der Waals surface area contributed by atoms with Crippen molar-refractivity contribution in [2.24, 2.45) is 0 Å². The van der Waals surface area contributed by atoms with Gasteiger partial charge in [-0.2, -0.15) is 0 Å². The normalized spacial score (nSPS) is 10.6. The number of anilines is 1. The number of aromatic nitrogens is 2. The van der Waals surface area contributed by atoms with Crippen LogP contribution in [0.15, 0.2) is 52.9 Å². The Morgan fingerprint density at radius 2 is 1.76 bits per heavy atom. The molecule has 0 aliphatic heterocycles. The molecule has 0 unspecified atom stereocenters. The second-order valence-electron chi connectivity index (χ2n) is 5.07. The zero-order chi connectivity index (χ0) is 17.6. The molecule has 0 spiro atoms. The van der Waals surface area contributed by atoms with Crippen molar-refractivity contribution >= 4 is 57.3 Å². The molecule has 0 saturated heterocycles. The van der Waals surface area contributed by atoms with Gasteiger partial charge in [0.1, 0.15) is 0 Å². The molecule has 3 rings (SSSR count). The maximum absolute atomic E-state index is 12.2. The van der Waals surface area contributed by atoms with E-state index < -0.39 is 0 Å². The average Bonchev–Trinajstić information content (AvgIpc) is 3.05. The van der Waals surface area contributed by atoms with Crippen LogP contribution in [0.3, 0.4) is 0 Å². The second-order valence-corrected chi connectivity index (χ2v) is 8.09. The van der Waals surface area contributed by atoms with Crippen molar-refractivity contribution in [1.82, 2.24) is 10.2 Å². The Bertz CT molecular complexity index is 851. The molecule has 25 heavy (non-hydrogen) atoms. The lowest BCUT2D eigenvalue weighted by atomic mass is 10.1. The Hall–Kier alpha value is -1.60. The van der Waals surface area contributed by atoms with Gasteiger partial charge >= 0.3 is 0 Å². The third-order valence-electron chi connectivity index (χ3n) is 3.26. The molecule has 0 radical (unpaired) electrons. The Morgan fingerprint density at radius 1 is 1.04 bits per heavy atom. The number of nitrogens with one attached hydrogen (secondary N) is 1. The van der Waals surface area contributed by atoms with Crippen LogP contribution in [-0.2, 0) is 17.0 Å². The van der Waals surface area contributed by atoms with Gasteiger partial charge in [0.15, 0.2) is 4.34 Å². The topological polar surface area (TPSA) is 54.9 Å². The summed E-state index contributed by atoms with van der Waals surface area (Å²) in [5.41, 5.74) is 1.81. The number of nitrogens with zero attached hydrogens (tertiary/aromatic N) is 2. The molecule has 1 aromatic heterocycles. The first kappa shape index (κ1) is 18.2. The first-order valence-corrected chi connectivity index (χ1v) is 9.90. The number of carbonyl (C=O) groups excluding carboxylic acids is 1. The highest BCUT2D eigenvalue weighted by Crippen LogP contribution is 2.29. The van der Waals surface area contributed by atoms with Crippen LogP contribution in [0.1, 0.15) is 11.1 Å². The molecule has 8 heteroatoms. The fraction of sp³-hybridized carbons (Fsp3) is 0.118. The molecule has 1 N–H and O–H groups in total. The van der Waals surface area contributed by atoms with Crippen molar-refractivity contribution in [2.45, 2.75) is 16.5 Å². The number of rotatable bonds is 6. The van der Waals surface area contributed by atoms with Gasteiger partial charge in [0.2, 0.25) is 11.0 Å². The molecule has 0 bridgehead atoms. The van der Waals surface area contributed by atoms with Gasteiger partial charge < -0.3 is 5.32 Å². The van der Waals surface area contributed by atoms with E-state index in [1.54, 1.807) is 30.0 Å². The number of hydrogen-bond acceptors (Lipinski definition) is 5. The van der Waals surface area contributed by atoms with Gasteiger partial charge in [0, 0.05) is 15.8 Å². The zero-order valence-electron chi connectivity index (χ0n) is 12.9. The summed E-state index contributed by atoms with van der Waals surface area (Å²) in [5.74, 6) is 0.573. The Balaban J connectivity index is 1.56. The van der Waals surface area contributed by atoms with Gasteiger partial charge in [-0.1, -0.05) is 82.7 Å². The summed E-state index contributed by atoms with van der Waals surface area (Å²) >= 11 is 15.1. The van der Waals surface area contributed by atoms with Crippen LogP contribution in [0.2, 0.25) is 10.0 Å². The smallest absolute Gasteiger partial charge is 0.230 e. The molecule has 0 fully saturated rings. The maximum atomic E-state index is 12.2. The third-order valence-corrected chi connectivity index (χ3v) is 6.01. The zero-order valence-corrected chi connectivity index (χ0v) is 16.1. The second kappa shape index (κ2) is 8.67. The molecule has 0 aliphatic rings. The van der Waals surface area contributed by atoms with Crippen molar-refractivity contribution in [3.63, 3.8) is 0 Å². The molecule has 1 heterocycles. The Kier molecular flexibility index (Phi) is 6.31. The summed E-state index contributed by atoms with van der Waals surface area (Å²) in [5, 5.41) is 12.2. The van der Waals surface area contributed by atoms with Crippen LogP contribution in [0.25, 0.3) is 0 Å². The highest BCUT2D eigenvalue weighted by atomic mass is 35.5. The lowest BCUT2D eigenvalue weighted by Gasteiger charge is -2.06. The van der Waals surface area contributed by atoms with E-state index in [2.05, 4.69) is 27.6 Å². The first-order chi connectivity index (χ1) is 12.1.